The maximum Gasteiger partial charge on any atom is 0.397 e. The first-order valence-electron chi connectivity index (χ1n) is 26.0. The van der Waals surface area contributed by atoms with Gasteiger partial charge in [0.2, 0.25) is 17.7 Å². The lowest BCUT2D eigenvalue weighted by molar-refractivity contribution is -0.361. The van der Waals surface area contributed by atoms with E-state index < -0.39 is 183 Å². The molecule has 14 N–H and O–H groups in total. The fourth-order valence-corrected chi connectivity index (χ4v) is 9.95. The number of rotatable bonds is 28. The number of ether oxygens (including phenoxy) is 8. The summed E-state index contributed by atoms with van der Waals surface area (Å²) in [5.74, 6) is -2.81. The van der Waals surface area contributed by atoms with E-state index in [1.165, 1.54) is 44.2 Å². The molecule has 1 aromatic rings. The number of carbonyl (C=O) groups excluding carboxylic acids is 4. The van der Waals surface area contributed by atoms with Crippen LogP contribution in [0.4, 0.5) is 0 Å². The van der Waals surface area contributed by atoms with Gasteiger partial charge < -0.3 is 105 Å². The van der Waals surface area contributed by atoms with Gasteiger partial charge in [-0.2, -0.15) is 8.42 Å². The predicted octanol–water partition coefficient (Wildman–Crippen LogP) is -4.14. The van der Waals surface area contributed by atoms with Gasteiger partial charge >= 0.3 is 10.4 Å². The molecular formula is C48H78N4O25S. The van der Waals surface area contributed by atoms with Crippen molar-refractivity contribution in [3.63, 3.8) is 0 Å². The van der Waals surface area contributed by atoms with Crippen molar-refractivity contribution in [3.05, 3.63) is 29.8 Å². The monoisotopic (exact) mass is 1140 g/mol. The molecule has 0 bridgehead atoms. The number of hydrogen-bond donors (Lipinski definition) is 14. The maximum absolute atomic E-state index is 13.8. The second-order valence-corrected chi connectivity index (χ2v) is 20.7. The van der Waals surface area contributed by atoms with E-state index in [0.29, 0.717) is 12.4 Å². The summed E-state index contributed by atoms with van der Waals surface area (Å²) >= 11 is 0. The summed E-state index contributed by atoms with van der Waals surface area (Å²) < 4.78 is 84.0. The van der Waals surface area contributed by atoms with E-state index in [2.05, 4.69) is 32.4 Å². The molecular weight excluding hydrogens is 1060 g/mol. The molecule has 0 aromatic heterocycles. The van der Waals surface area contributed by atoms with Crippen molar-refractivity contribution < 1.29 is 120 Å². The number of hydrogen-bond acceptors (Lipinski definition) is 24. The predicted molar refractivity (Wildman–Crippen MR) is 264 cm³/mol. The Bertz CT molecular complexity index is 2170. The third-order valence-corrected chi connectivity index (χ3v) is 14.0. The van der Waals surface area contributed by atoms with Crippen LogP contribution in [-0.2, 0) is 62.1 Å². The first-order chi connectivity index (χ1) is 37.0. The minimum Gasteiger partial charge on any atom is -0.494 e. The highest BCUT2D eigenvalue weighted by molar-refractivity contribution is 7.80. The SMILES string of the molecule is CCCCCCCCCCCOc1cccc(C(=O)N[C@H]2C(O)[C@H](O)C(CO)O[C@H]2O[C@H]2C(O)C(NC(C)=O)C(OC3C(CO)O[C@@H](O[C@H]4C(O)C(NC(C)=O)C(O)O[C@H]4COS(=O)(=O)O)[C@@H](NC(C)=O)[C@@H]3O)O[C@H]2CO)c1. The maximum atomic E-state index is 13.8. The van der Waals surface area contributed by atoms with Gasteiger partial charge in [-0.3, -0.25) is 23.7 Å². The fraction of sp³-hybridized carbons (Fsp3) is 0.792. The van der Waals surface area contributed by atoms with Crippen molar-refractivity contribution in [3.8, 4) is 5.75 Å². The quantitative estimate of drug-likeness (QED) is 0.0280. The van der Waals surface area contributed by atoms with Crippen LogP contribution in [0, 0.1) is 0 Å². The van der Waals surface area contributed by atoms with Crippen LogP contribution in [0.5, 0.6) is 5.75 Å². The van der Waals surface area contributed by atoms with Gasteiger partial charge in [0, 0.05) is 26.3 Å². The van der Waals surface area contributed by atoms with Gasteiger partial charge in [0.15, 0.2) is 25.2 Å². The van der Waals surface area contributed by atoms with E-state index in [4.69, 9.17) is 37.9 Å². The Morgan fingerprint density at radius 3 is 1.46 bits per heavy atom. The Labute approximate surface area is 451 Å². The second kappa shape index (κ2) is 30.8. The third-order valence-electron chi connectivity index (χ3n) is 13.6. The zero-order valence-electron chi connectivity index (χ0n) is 43.8. The molecule has 446 valence electrons. The van der Waals surface area contributed by atoms with Gasteiger partial charge in [-0.25, -0.2) is 4.18 Å². The Morgan fingerprint density at radius 2 is 0.987 bits per heavy atom. The van der Waals surface area contributed by atoms with Gasteiger partial charge in [0.05, 0.1) is 33.0 Å². The molecule has 0 spiro atoms. The average molecular weight is 1140 g/mol. The van der Waals surface area contributed by atoms with Crippen molar-refractivity contribution in [1.29, 1.82) is 0 Å². The third kappa shape index (κ3) is 18.1. The summed E-state index contributed by atoms with van der Waals surface area (Å²) in [6, 6.07) is -0.593. The summed E-state index contributed by atoms with van der Waals surface area (Å²) in [6.45, 7) is 1.68. The van der Waals surface area contributed by atoms with E-state index >= 15 is 0 Å². The van der Waals surface area contributed by atoms with E-state index in [0.717, 1.165) is 46.5 Å². The molecule has 5 rings (SSSR count). The topological polar surface area (TPSA) is 436 Å². The molecule has 29 nitrogen and oxygen atoms in total. The Kier molecular flexibility index (Phi) is 25.7. The molecule has 10 unspecified atom stereocenters. The number of amides is 4. The van der Waals surface area contributed by atoms with Crippen LogP contribution in [-0.4, -0.2) is 238 Å². The Hall–Kier alpha value is -3.87. The first kappa shape index (κ1) is 64.9. The summed E-state index contributed by atoms with van der Waals surface area (Å²) in [7, 11) is -5.16. The van der Waals surface area contributed by atoms with Gasteiger partial charge in [0.1, 0.15) is 103 Å². The molecule has 4 fully saturated rings. The number of aliphatic hydroxyl groups is 9. The highest BCUT2D eigenvalue weighted by Gasteiger charge is 2.56. The van der Waals surface area contributed by atoms with Crippen LogP contribution < -0.4 is 26.0 Å². The van der Waals surface area contributed by atoms with Crippen LogP contribution in [0.25, 0.3) is 0 Å². The lowest BCUT2D eigenvalue weighted by atomic mass is 9.93. The van der Waals surface area contributed by atoms with Crippen LogP contribution in [0.2, 0.25) is 0 Å². The van der Waals surface area contributed by atoms with Crippen molar-refractivity contribution in [2.24, 2.45) is 0 Å². The van der Waals surface area contributed by atoms with Crippen molar-refractivity contribution in [2.75, 3.05) is 33.0 Å². The molecule has 0 saturated carbocycles. The smallest absolute Gasteiger partial charge is 0.397 e. The molecule has 20 atom stereocenters. The largest absolute Gasteiger partial charge is 0.494 e. The van der Waals surface area contributed by atoms with Crippen molar-refractivity contribution in [1.82, 2.24) is 21.3 Å². The molecule has 1 aromatic carbocycles. The zero-order chi connectivity index (χ0) is 57.4. The van der Waals surface area contributed by atoms with Gasteiger partial charge in [-0.05, 0) is 24.6 Å². The highest BCUT2D eigenvalue weighted by Crippen LogP contribution is 2.35. The average Bonchev–Trinajstić information content (AvgIpc) is 3.38. The number of benzene rings is 1. The summed E-state index contributed by atoms with van der Waals surface area (Å²) in [5.41, 5.74) is 0.0727. The molecule has 78 heavy (non-hydrogen) atoms. The molecule has 4 amide bonds. The van der Waals surface area contributed by atoms with Crippen LogP contribution in [0.1, 0.15) is 95.8 Å². The minimum atomic E-state index is -5.16. The van der Waals surface area contributed by atoms with E-state index in [1.54, 1.807) is 12.1 Å². The lowest BCUT2D eigenvalue weighted by Crippen LogP contribution is -2.71. The minimum absolute atomic E-state index is 0.0727. The molecule has 4 aliphatic rings. The Morgan fingerprint density at radius 1 is 0.551 bits per heavy atom. The summed E-state index contributed by atoms with van der Waals surface area (Å²) in [5, 5.41) is 109. The van der Waals surface area contributed by atoms with Crippen molar-refractivity contribution in [2.45, 2.75) is 208 Å². The normalized spacial score (nSPS) is 35.3. The van der Waals surface area contributed by atoms with E-state index in [1.807, 2.05) is 0 Å². The standard InChI is InChI=1S/C48H78N4O25S/c1-5-6-7-8-9-10-11-12-13-17-69-27-16-14-15-26(18-27)44(64)52-33-37(60)36(59)28(19-53)72-46(33)75-41-29(20-54)73-47(34(39(41)62)50-24(3)57)76-42-30(21-55)74-48(35(40(42)63)51-25(4)58)77-43-31(22-70-78(66,67)68)71-45(65)32(38(43)61)49-23(2)56/h14-16,18,28-43,45-48,53-55,59-63,65H,5-13,17,19-22H2,1-4H3,(H,49,56)(H,50,57)(H,51,58)(H,52,64)(H,66,67,68)/t28?,29-,30?,31-,32?,33-,34?,35-,36+,37?,38?,39?,40-,41+,42?,43+,45?,46-,47?,48-/m0/s1. The molecule has 0 radical (unpaired) electrons. The van der Waals surface area contributed by atoms with Gasteiger partial charge in [0.25, 0.3) is 5.91 Å². The van der Waals surface area contributed by atoms with E-state index in [9.17, 15) is 78.1 Å². The van der Waals surface area contributed by atoms with Gasteiger partial charge in [-0.1, -0.05) is 64.4 Å². The zero-order valence-corrected chi connectivity index (χ0v) is 44.6. The van der Waals surface area contributed by atoms with Gasteiger partial charge in [-0.15, -0.1) is 0 Å². The number of unbranched alkanes of at least 4 members (excludes halogenated alkanes) is 8. The molecule has 4 aliphatic heterocycles. The van der Waals surface area contributed by atoms with Crippen molar-refractivity contribution >= 4 is 34.0 Å². The second-order valence-electron chi connectivity index (χ2n) is 19.6. The molecule has 30 heteroatoms. The number of aliphatic hydroxyl groups excluding tert-OH is 9. The van der Waals surface area contributed by atoms with E-state index in [-0.39, 0.29) is 5.56 Å². The first-order valence-corrected chi connectivity index (χ1v) is 27.3. The molecule has 4 saturated heterocycles. The van der Waals surface area contributed by atoms with Crippen LogP contribution in [0.3, 0.4) is 0 Å². The fourth-order valence-electron chi connectivity index (χ4n) is 9.64. The Balaban J connectivity index is 1.34. The molecule has 0 aliphatic carbocycles. The van der Waals surface area contributed by atoms with Crippen LogP contribution >= 0.6 is 0 Å². The molecule has 4 heterocycles. The summed E-state index contributed by atoms with van der Waals surface area (Å²) in [4.78, 5) is 51.1. The number of nitrogens with one attached hydrogen (secondary N) is 4. The highest BCUT2D eigenvalue weighted by atomic mass is 32.3. The number of carbonyl (C=O) groups is 4. The van der Waals surface area contributed by atoms with Crippen LogP contribution in [0.15, 0.2) is 24.3 Å². The summed E-state index contributed by atoms with van der Waals surface area (Å²) in [6.07, 6.45) is -19.4. The lowest BCUT2D eigenvalue weighted by Gasteiger charge is -2.51.